The quantitative estimate of drug-likeness (QED) is 0.542. The summed E-state index contributed by atoms with van der Waals surface area (Å²) in [6, 6.07) is 14.9. The largest absolute Gasteiger partial charge is 0.444 e. The van der Waals surface area contributed by atoms with Crippen LogP contribution in [0.5, 0.6) is 0 Å². The molecule has 6 nitrogen and oxygen atoms in total. The normalized spacial score (nSPS) is 15.8. The van der Waals surface area contributed by atoms with Gasteiger partial charge in [0, 0.05) is 44.5 Å². The van der Waals surface area contributed by atoms with Gasteiger partial charge in [0.15, 0.2) is 0 Å². The van der Waals surface area contributed by atoms with Crippen LogP contribution in [0, 0.1) is 0 Å². The lowest BCUT2D eigenvalue weighted by Gasteiger charge is -2.35. The first-order valence-electron chi connectivity index (χ1n) is 11.8. The van der Waals surface area contributed by atoms with E-state index in [1.165, 1.54) is 11.3 Å². The van der Waals surface area contributed by atoms with Crippen molar-refractivity contribution in [2.45, 2.75) is 59.1 Å². The van der Waals surface area contributed by atoms with Gasteiger partial charge in [0.25, 0.3) is 0 Å². The summed E-state index contributed by atoms with van der Waals surface area (Å²) < 4.78 is 7.73. The highest BCUT2D eigenvalue weighted by Gasteiger charge is 2.27. The zero-order valence-corrected chi connectivity index (χ0v) is 20.8. The van der Waals surface area contributed by atoms with E-state index in [-0.39, 0.29) is 11.5 Å². The van der Waals surface area contributed by atoms with Gasteiger partial charge in [-0.2, -0.15) is 0 Å². The first-order chi connectivity index (χ1) is 15.5. The third-order valence-electron chi connectivity index (χ3n) is 6.05. The summed E-state index contributed by atoms with van der Waals surface area (Å²) in [4.78, 5) is 21.6. The van der Waals surface area contributed by atoms with Crippen LogP contribution in [-0.4, -0.2) is 57.1 Å². The molecular weight excluding hydrogens is 412 g/mol. The van der Waals surface area contributed by atoms with Gasteiger partial charge < -0.3 is 14.0 Å². The monoisotopic (exact) mass is 448 g/mol. The molecule has 2 aromatic heterocycles. The zero-order valence-electron chi connectivity index (χ0n) is 20.8. The Morgan fingerprint density at radius 3 is 2.21 bits per heavy atom. The second-order valence-electron chi connectivity index (χ2n) is 10.9. The molecular formula is C27H36N4O2. The second kappa shape index (κ2) is 8.82. The number of piperazine rings is 1. The Bertz CT molecular complexity index is 1110. The van der Waals surface area contributed by atoms with Crippen LogP contribution in [-0.2, 0) is 16.7 Å². The van der Waals surface area contributed by atoms with Gasteiger partial charge in [-0.1, -0.05) is 51.1 Å². The fraction of sp³-hybridized carbons (Fsp3) is 0.481. The van der Waals surface area contributed by atoms with E-state index in [9.17, 15) is 4.79 Å². The van der Waals surface area contributed by atoms with Crippen molar-refractivity contribution in [3.63, 3.8) is 0 Å². The highest BCUT2D eigenvalue weighted by molar-refractivity contribution is 5.68. The number of rotatable bonds is 3. The molecule has 3 aromatic rings. The molecule has 0 bridgehead atoms. The Morgan fingerprint density at radius 2 is 1.61 bits per heavy atom. The summed E-state index contributed by atoms with van der Waals surface area (Å²) in [5.41, 5.74) is 5.26. The molecule has 0 radical (unpaired) electrons. The van der Waals surface area contributed by atoms with Gasteiger partial charge >= 0.3 is 6.09 Å². The number of nitrogens with zero attached hydrogens (tertiary/aromatic N) is 4. The van der Waals surface area contributed by atoms with Crippen molar-refractivity contribution in [1.29, 1.82) is 0 Å². The molecule has 1 aliphatic heterocycles. The minimum Gasteiger partial charge on any atom is -0.444 e. The highest BCUT2D eigenvalue weighted by Crippen LogP contribution is 2.29. The molecule has 1 saturated heterocycles. The molecule has 1 aromatic carbocycles. The van der Waals surface area contributed by atoms with Gasteiger partial charge in [0.2, 0.25) is 0 Å². The molecule has 0 saturated carbocycles. The van der Waals surface area contributed by atoms with Gasteiger partial charge in [-0.25, -0.2) is 9.78 Å². The maximum Gasteiger partial charge on any atom is 0.410 e. The third kappa shape index (κ3) is 5.38. The predicted molar refractivity (Wildman–Crippen MR) is 132 cm³/mol. The Hall–Kier alpha value is -2.86. The molecule has 33 heavy (non-hydrogen) atoms. The number of hydrogen-bond acceptors (Lipinski definition) is 4. The van der Waals surface area contributed by atoms with Gasteiger partial charge in [0.05, 0.1) is 11.4 Å². The van der Waals surface area contributed by atoms with Crippen LogP contribution in [0.3, 0.4) is 0 Å². The maximum atomic E-state index is 12.4. The summed E-state index contributed by atoms with van der Waals surface area (Å²) in [5, 5.41) is 0. The molecule has 4 rings (SSSR count). The van der Waals surface area contributed by atoms with Crippen LogP contribution < -0.4 is 0 Å². The number of fused-ring (bicyclic) bond motifs is 1. The lowest BCUT2D eigenvalue weighted by molar-refractivity contribution is 0.0138. The molecule has 0 aliphatic carbocycles. The number of carbonyl (C=O) groups is 1. The number of amides is 1. The van der Waals surface area contributed by atoms with Crippen molar-refractivity contribution in [2.24, 2.45) is 0 Å². The van der Waals surface area contributed by atoms with Gasteiger partial charge in [-0.3, -0.25) is 4.90 Å². The van der Waals surface area contributed by atoms with Gasteiger partial charge in [-0.15, -0.1) is 0 Å². The van der Waals surface area contributed by atoms with Crippen molar-refractivity contribution < 1.29 is 9.53 Å². The third-order valence-corrected chi connectivity index (χ3v) is 6.05. The summed E-state index contributed by atoms with van der Waals surface area (Å²) in [7, 11) is 0. The van der Waals surface area contributed by atoms with Crippen LogP contribution in [0.4, 0.5) is 4.79 Å². The van der Waals surface area contributed by atoms with Crippen molar-refractivity contribution in [1.82, 2.24) is 19.2 Å². The molecule has 0 spiro atoms. The predicted octanol–water partition coefficient (Wildman–Crippen LogP) is 5.35. The molecule has 0 atom stereocenters. The van der Waals surface area contributed by atoms with Gasteiger partial charge in [-0.05, 0) is 43.9 Å². The van der Waals surface area contributed by atoms with Crippen molar-refractivity contribution in [3.8, 4) is 11.3 Å². The number of benzene rings is 1. The second-order valence-corrected chi connectivity index (χ2v) is 10.9. The first kappa shape index (κ1) is 23.3. The topological polar surface area (TPSA) is 50.1 Å². The Labute approximate surface area is 197 Å². The standard InChI is InChI=1S/C27H36N4O2/c1-26(2,3)21-12-10-20(11-13-21)24-22(31-14-8-7-9-23(31)28-24)19-29-15-17-30(18-16-29)25(32)33-27(4,5)6/h7-14H,15-19H2,1-6H3. The molecule has 176 valence electrons. The minimum atomic E-state index is -0.470. The number of pyridine rings is 1. The van der Waals surface area contributed by atoms with Crippen LogP contribution in [0.1, 0.15) is 52.8 Å². The van der Waals surface area contributed by atoms with E-state index in [2.05, 4.69) is 66.6 Å². The minimum absolute atomic E-state index is 0.119. The highest BCUT2D eigenvalue weighted by atomic mass is 16.6. The van der Waals surface area contributed by atoms with E-state index in [1.807, 2.05) is 37.8 Å². The average molecular weight is 449 g/mol. The van der Waals surface area contributed by atoms with E-state index in [0.717, 1.165) is 36.5 Å². The molecule has 0 unspecified atom stereocenters. The Morgan fingerprint density at radius 1 is 0.939 bits per heavy atom. The van der Waals surface area contributed by atoms with Gasteiger partial charge in [0.1, 0.15) is 11.2 Å². The summed E-state index contributed by atoms with van der Waals surface area (Å²) in [5.74, 6) is 0. The SMILES string of the molecule is CC(C)(C)OC(=O)N1CCN(Cc2c(-c3ccc(C(C)(C)C)cc3)nc3ccccn23)CC1. The van der Waals surface area contributed by atoms with Crippen molar-refractivity contribution >= 4 is 11.7 Å². The average Bonchev–Trinajstić information content (AvgIpc) is 3.11. The van der Waals surface area contributed by atoms with Crippen LogP contribution in [0.25, 0.3) is 16.9 Å². The number of carbonyl (C=O) groups excluding carboxylic acids is 1. The lowest BCUT2D eigenvalue weighted by Crippen LogP contribution is -2.49. The van der Waals surface area contributed by atoms with Crippen LogP contribution in [0.15, 0.2) is 48.7 Å². The van der Waals surface area contributed by atoms with Crippen molar-refractivity contribution in [2.75, 3.05) is 26.2 Å². The van der Waals surface area contributed by atoms with Crippen molar-refractivity contribution in [3.05, 3.63) is 59.9 Å². The van der Waals surface area contributed by atoms with E-state index in [0.29, 0.717) is 13.1 Å². The van der Waals surface area contributed by atoms with Crippen LogP contribution >= 0.6 is 0 Å². The first-order valence-corrected chi connectivity index (χ1v) is 11.8. The lowest BCUT2D eigenvalue weighted by atomic mass is 9.86. The number of ether oxygens (including phenoxy) is 1. The molecule has 0 N–H and O–H groups in total. The molecule has 1 aliphatic rings. The Kier molecular flexibility index (Phi) is 6.23. The zero-order chi connectivity index (χ0) is 23.8. The Balaban J connectivity index is 1.54. The van der Waals surface area contributed by atoms with E-state index in [1.54, 1.807) is 0 Å². The smallest absolute Gasteiger partial charge is 0.410 e. The molecule has 1 amide bonds. The van der Waals surface area contributed by atoms with E-state index >= 15 is 0 Å². The molecule has 6 heteroatoms. The number of aromatic nitrogens is 2. The number of imidazole rings is 1. The fourth-order valence-corrected chi connectivity index (χ4v) is 4.18. The fourth-order valence-electron chi connectivity index (χ4n) is 4.18. The van der Waals surface area contributed by atoms with E-state index in [4.69, 9.17) is 9.72 Å². The maximum absolute atomic E-state index is 12.4. The molecule has 1 fully saturated rings. The number of hydrogen-bond donors (Lipinski definition) is 0. The molecule has 3 heterocycles. The summed E-state index contributed by atoms with van der Waals surface area (Å²) >= 11 is 0. The summed E-state index contributed by atoms with van der Waals surface area (Å²) in [6.07, 6.45) is 1.86. The van der Waals surface area contributed by atoms with E-state index < -0.39 is 5.60 Å². The summed E-state index contributed by atoms with van der Waals surface area (Å²) in [6.45, 7) is 16.1. The van der Waals surface area contributed by atoms with Crippen LogP contribution in [0.2, 0.25) is 0 Å².